The number of nitrogens with zero attached hydrogens (tertiary/aromatic N) is 1. The largest absolute Gasteiger partial charge is 0.497 e. The molecule has 1 heterocycles. The lowest BCUT2D eigenvalue weighted by Crippen LogP contribution is -2.48. The molecule has 0 radical (unpaired) electrons. The van der Waals surface area contributed by atoms with Gasteiger partial charge >= 0.3 is 0 Å². The number of piperidine rings is 1. The van der Waals surface area contributed by atoms with Gasteiger partial charge in [-0.15, -0.1) is 0 Å². The first-order chi connectivity index (χ1) is 17.5. The first-order valence-corrected chi connectivity index (χ1v) is 12.1. The summed E-state index contributed by atoms with van der Waals surface area (Å²) in [5, 5.41) is 3.03. The second-order valence-corrected chi connectivity index (χ2v) is 8.35. The van der Waals surface area contributed by atoms with Crippen molar-refractivity contribution in [2.24, 2.45) is 5.92 Å². The normalized spacial score (nSPS) is 17.5. The SMILES string of the molecule is CCOCCCNC(=O)[C@H]1CCC(=O)N(c2cc(OC)c(OC)c(OC)c2)[C@H]1c1ccc(OC)cc1. The van der Waals surface area contributed by atoms with E-state index in [0.29, 0.717) is 54.9 Å². The molecular formula is C27H36N2O7. The van der Waals surface area contributed by atoms with Crippen molar-refractivity contribution in [1.29, 1.82) is 0 Å². The molecule has 36 heavy (non-hydrogen) atoms. The van der Waals surface area contributed by atoms with Gasteiger partial charge in [-0.05, 0) is 37.5 Å². The number of anilines is 1. The van der Waals surface area contributed by atoms with Crippen LogP contribution in [0, 0.1) is 5.92 Å². The Kier molecular flexibility index (Phi) is 9.81. The maximum absolute atomic E-state index is 13.4. The number of ether oxygens (including phenoxy) is 5. The Morgan fingerprint density at radius 1 is 1.00 bits per heavy atom. The van der Waals surface area contributed by atoms with Crippen molar-refractivity contribution >= 4 is 17.5 Å². The molecule has 0 bridgehead atoms. The number of hydrogen-bond donors (Lipinski definition) is 1. The number of carbonyl (C=O) groups excluding carboxylic acids is 2. The number of carbonyl (C=O) groups is 2. The molecule has 2 atom stereocenters. The zero-order valence-electron chi connectivity index (χ0n) is 21.7. The van der Waals surface area contributed by atoms with E-state index in [1.54, 1.807) is 24.1 Å². The van der Waals surface area contributed by atoms with E-state index in [1.807, 2.05) is 31.2 Å². The van der Waals surface area contributed by atoms with Gasteiger partial charge in [-0.3, -0.25) is 9.59 Å². The van der Waals surface area contributed by atoms with Crippen molar-refractivity contribution in [1.82, 2.24) is 5.32 Å². The highest BCUT2D eigenvalue weighted by atomic mass is 16.5. The van der Waals surface area contributed by atoms with E-state index in [2.05, 4.69) is 5.32 Å². The second-order valence-electron chi connectivity index (χ2n) is 8.35. The summed E-state index contributed by atoms with van der Waals surface area (Å²) in [4.78, 5) is 28.4. The van der Waals surface area contributed by atoms with E-state index in [1.165, 1.54) is 21.3 Å². The fourth-order valence-corrected chi connectivity index (χ4v) is 4.52. The summed E-state index contributed by atoms with van der Waals surface area (Å²) < 4.78 is 27.2. The Bertz CT molecular complexity index is 1000. The van der Waals surface area contributed by atoms with Gasteiger partial charge in [-0.2, -0.15) is 0 Å². The minimum atomic E-state index is -0.535. The van der Waals surface area contributed by atoms with Crippen LogP contribution in [0.2, 0.25) is 0 Å². The third kappa shape index (κ3) is 6.02. The molecule has 0 aromatic heterocycles. The predicted molar refractivity (Wildman–Crippen MR) is 136 cm³/mol. The molecule has 0 spiro atoms. The topological polar surface area (TPSA) is 95.6 Å². The molecule has 0 aliphatic carbocycles. The van der Waals surface area contributed by atoms with Crippen molar-refractivity contribution in [2.75, 3.05) is 53.1 Å². The fraction of sp³-hybridized carbons (Fsp3) is 0.481. The fourth-order valence-electron chi connectivity index (χ4n) is 4.52. The van der Waals surface area contributed by atoms with Gasteiger partial charge in [0, 0.05) is 38.3 Å². The predicted octanol–water partition coefficient (Wildman–Crippen LogP) is 3.75. The Labute approximate surface area is 212 Å². The first-order valence-electron chi connectivity index (χ1n) is 12.1. The van der Waals surface area contributed by atoms with Gasteiger partial charge in [0.25, 0.3) is 0 Å². The molecule has 0 saturated carbocycles. The number of hydrogen-bond acceptors (Lipinski definition) is 7. The Balaban J connectivity index is 2.03. The van der Waals surface area contributed by atoms with Gasteiger partial charge in [0.2, 0.25) is 17.6 Å². The third-order valence-corrected chi connectivity index (χ3v) is 6.29. The van der Waals surface area contributed by atoms with Crippen LogP contribution in [-0.2, 0) is 14.3 Å². The maximum Gasteiger partial charge on any atom is 0.227 e. The highest BCUT2D eigenvalue weighted by molar-refractivity contribution is 5.98. The summed E-state index contributed by atoms with van der Waals surface area (Å²) in [5.41, 5.74) is 1.39. The molecule has 196 valence electrons. The molecule has 2 aromatic rings. The van der Waals surface area contributed by atoms with E-state index in [-0.39, 0.29) is 18.2 Å². The van der Waals surface area contributed by atoms with Crippen LogP contribution in [-0.4, -0.2) is 60.0 Å². The first kappa shape index (κ1) is 27.1. The second kappa shape index (κ2) is 13.0. The van der Waals surface area contributed by atoms with Crippen LogP contribution in [0.4, 0.5) is 5.69 Å². The quantitative estimate of drug-likeness (QED) is 0.444. The molecule has 1 aliphatic rings. The average Bonchev–Trinajstić information content (AvgIpc) is 2.91. The van der Waals surface area contributed by atoms with Crippen LogP contribution in [0.5, 0.6) is 23.0 Å². The van der Waals surface area contributed by atoms with Gasteiger partial charge < -0.3 is 33.9 Å². The van der Waals surface area contributed by atoms with Crippen LogP contribution in [0.15, 0.2) is 36.4 Å². The molecule has 2 amide bonds. The summed E-state index contributed by atoms with van der Waals surface area (Å²) in [6, 6.07) is 10.4. The minimum absolute atomic E-state index is 0.0921. The molecule has 3 rings (SSSR count). The molecule has 1 saturated heterocycles. The van der Waals surface area contributed by atoms with Crippen LogP contribution < -0.4 is 29.2 Å². The third-order valence-electron chi connectivity index (χ3n) is 6.29. The number of amides is 2. The van der Waals surface area contributed by atoms with Crippen LogP contribution in [0.1, 0.15) is 37.8 Å². The summed E-state index contributed by atoms with van der Waals surface area (Å²) in [7, 11) is 6.18. The zero-order chi connectivity index (χ0) is 26.1. The lowest BCUT2D eigenvalue weighted by atomic mass is 9.83. The van der Waals surface area contributed by atoms with Crippen molar-refractivity contribution in [3.05, 3.63) is 42.0 Å². The van der Waals surface area contributed by atoms with Crippen LogP contribution in [0.3, 0.4) is 0 Å². The van der Waals surface area contributed by atoms with Gasteiger partial charge in [0.1, 0.15) is 5.75 Å². The van der Waals surface area contributed by atoms with Crippen LogP contribution >= 0.6 is 0 Å². The lowest BCUT2D eigenvalue weighted by Gasteiger charge is -2.41. The lowest BCUT2D eigenvalue weighted by molar-refractivity contribution is -0.129. The van der Waals surface area contributed by atoms with Crippen molar-refractivity contribution < 1.29 is 33.3 Å². The summed E-state index contributed by atoms with van der Waals surface area (Å²) in [6.45, 7) is 3.67. The van der Waals surface area contributed by atoms with E-state index < -0.39 is 12.0 Å². The molecule has 9 heteroatoms. The standard InChI is InChI=1S/C27H36N2O7/c1-6-36-15-7-14-28-27(31)21-12-13-24(30)29(25(21)18-8-10-20(32-2)11-9-18)19-16-22(33-3)26(35-5)23(17-19)34-4/h8-11,16-17,21,25H,6-7,12-15H2,1-5H3,(H,28,31)/t21-,25-/m0/s1. The number of methoxy groups -OCH3 is 4. The highest BCUT2D eigenvalue weighted by Crippen LogP contribution is 2.46. The molecule has 9 nitrogen and oxygen atoms in total. The van der Waals surface area contributed by atoms with E-state index in [4.69, 9.17) is 23.7 Å². The monoisotopic (exact) mass is 500 g/mol. The van der Waals surface area contributed by atoms with Crippen molar-refractivity contribution in [2.45, 2.75) is 32.2 Å². The highest BCUT2D eigenvalue weighted by Gasteiger charge is 2.42. The Morgan fingerprint density at radius 2 is 1.67 bits per heavy atom. The Hall–Kier alpha value is -3.46. The number of rotatable bonds is 12. The van der Waals surface area contributed by atoms with Crippen molar-refractivity contribution in [3.63, 3.8) is 0 Å². The number of nitrogens with one attached hydrogen (secondary N) is 1. The average molecular weight is 501 g/mol. The molecule has 1 aliphatic heterocycles. The van der Waals surface area contributed by atoms with E-state index >= 15 is 0 Å². The van der Waals surface area contributed by atoms with Gasteiger partial charge in [0.15, 0.2) is 11.5 Å². The van der Waals surface area contributed by atoms with Gasteiger partial charge in [0.05, 0.1) is 46.1 Å². The number of benzene rings is 2. The smallest absolute Gasteiger partial charge is 0.227 e. The minimum Gasteiger partial charge on any atom is -0.497 e. The van der Waals surface area contributed by atoms with Crippen LogP contribution in [0.25, 0.3) is 0 Å². The van der Waals surface area contributed by atoms with Gasteiger partial charge in [-0.1, -0.05) is 12.1 Å². The Morgan fingerprint density at radius 3 is 2.22 bits per heavy atom. The molecule has 1 fully saturated rings. The zero-order valence-corrected chi connectivity index (χ0v) is 21.7. The molecule has 1 N–H and O–H groups in total. The molecule has 2 aromatic carbocycles. The van der Waals surface area contributed by atoms with Gasteiger partial charge in [-0.25, -0.2) is 0 Å². The summed E-state index contributed by atoms with van der Waals surface area (Å²) >= 11 is 0. The van der Waals surface area contributed by atoms with Crippen molar-refractivity contribution in [3.8, 4) is 23.0 Å². The van der Waals surface area contributed by atoms with E-state index in [9.17, 15) is 9.59 Å². The summed E-state index contributed by atoms with van der Waals surface area (Å²) in [6.07, 6.45) is 1.39. The molecule has 0 unspecified atom stereocenters. The van der Waals surface area contributed by atoms with E-state index in [0.717, 1.165) is 12.0 Å². The summed E-state index contributed by atoms with van der Waals surface area (Å²) in [5.74, 6) is 1.33. The molecular weight excluding hydrogens is 464 g/mol. The maximum atomic E-state index is 13.4.